The van der Waals surface area contributed by atoms with Crippen molar-refractivity contribution in [2.24, 2.45) is 0 Å². The van der Waals surface area contributed by atoms with Crippen LogP contribution in [-0.4, -0.2) is 43.5 Å². The summed E-state index contributed by atoms with van der Waals surface area (Å²) in [5.41, 5.74) is 1.15. The number of benzene rings is 1. The molecule has 0 aromatic heterocycles. The van der Waals surface area contributed by atoms with E-state index in [1.807, 2.05) is 0 Å². The molecule has 0 N–H and O–H groups in total. The Hall–Kier alpha value is -1.91. The van der Waals surface area contributed by atoms with Gasteiger partial charge in [-0.1, -0.05) is 6.07 Å². The number of ether oxygens (including phenoxy) is 1. The van der Waals surface area contributed by atoms with Crippen molar-refractivity contribution in [3.63, 3.8) is 0 Å². The van der Waals surface area contributed by atoms with E-state index in [1.165, 1.54) is 4.90 Å². The molecule has 1 aromatic carbocycles. The second kappa shape index (κ2) is 5.16. The highest BCUT2D eigenvalue weighted by Crippen LogP contribution is 2.22. The number of hydrogen-bond donors (Lipinski definition) is 0. The first-order valence-corrected chi connectivity index (χ1v) is 5.70. The Kier molecular flexibility index (Phi) is 3.60. The molecule has 0 radical (unpaired) electrons. The van der Waals surface area contributed by atoms with E-state index in [0.29, 0.717) is 16.9 Å². The number of halogens is 1. The number of carbonyl (C=O) groups excluding carboxylic acids is 2. The van der Waals surface area contributed by atoms with E-state index in [-0.39, 0.29) is 31.3 Å². The Morgan fingerprint density at radius 3 is 2.89 bits per heavy atom. The van der Waals surface area contributed by atoms with E-state index >= 15 is 0 Å². The van der Waals surface area contributed by atoms with Gasteiger partial charge in [0.25, 0.3) is 5.91 Å². The van der Waals surface area contributed by atoms with Crippen LogP contribution >= 0.6 is 0 Å². The average Bonchev–Trinajstić information content (AvgIpc) is 2.45. The third-order valence-electron chi connectivity index (χ3n) is 2.81. The van der Waals surface area contributed by atoms with Gasteiger partial charge in [-0.3, -0.25) is 9.59 Å². The second-order valence-electron chi connectivity index (χ2n) is 4.23. The minimum atomic E-state index is -0.580. The highest BCUT2D eigenvalue weighted by Gasteiger charge is 2.24. The molecule has 18 heavy (non-hydrogen) atoms. The van der Waals surface area contributed by atoms with E-state index in [2.05, 4.69) is 0 Å². The van der Waals surface area contributed by atoms with Crippen molar-refractivity contribution in [3.8, 4) is 5.75 Å². The zero-order valence-corrected chi connectivity index (χ0v) is 10.1. The van der Waals surface area contributed by atoms with Crippen LogP contribution in [0.4, 0.5) is 4.39 Å². The first-order chi connectivity index (χ1) is 8.61. The van der Waals surface area contributed by atoms with E-state index in [0.717, 1.165) is 0 Å². The molecule has 1 heterocycles. The summed E-state index contributed by atoms with van der Waals surface area (Å²) in [6, 6.07) is 4.92. The lowest BCUT2D eigenvalue weighted by Crippen LogP contribution is -2.29. The molecule has 0 atom stereocenters. The lowest BCUT2D eigenvalue weighted by Gasteiger charge is -2.14. The standard InChI is InChI=1S/C13H14FNO3/c1-15-8-10(16)6-9-2-3-11(18-5-4-14)7-12(9)13(15)17/h2-3,7H,4-6,8H2,1H3. The zero-order chi connectivity index (χ0) is 13.1. The molecule has 0 aliphatic carbocycles. The van der Waals surface area contributed by atoms with Gasteiger partial charge in [-0.15, -0.1) is 0 Å². The van der Waals surface area contributed by atoms with Crippen LogP contribution in [0.3, 0.4) is 0 Å². The van der Waals surface area contributed by atoms with Crippen LogP contribution in [0.1, 0.15) is 15.9 Å². The summed E-state index contributed by atoms with van der Waals surface area (Å²) in [7, 11) is 1.59. The minimum absolute atomic E-state index is 0.00188. The summed E-state index contributed by atoms with van der Waals surface area (Å²) in [6.45, 7) is -0.501. The van der Waals surface area contributed by atoms with Crippen LogP contribution in [-0.2, 0) is 11.2 Å². The molecular formula is C13H14FNO3. The molecule has 0 fully saturated rings. The maximum absolute atomic E-state index is 12.1. The molecule has 0 saturated carbocycles. The maximum Gasteiger partial charge on any atom is 0.254 e. The number of Topliss-reactive ketones (excluding diaryl/α,β-unsaturated/α-hetero) is 1. The quantitative estimate of drug-likeness (QED) is 0.811. The molecule has 96 valence electrons. The van der Waals surface area contributed by atoms with Crippen molar-refractivity contribution in [3.05, 3.63) is 29.3 Å². The molecule has 5 heteroatoms. The van der Waals surface area contributed by atoms with E-state index in [9.17, 15) is 14.0 Å². The van der Waals surface area contributed by atoms with E-state index in [4.69, 9.17) is 4.74 Å². The fourth-order valence-corrected chi connectivity index (χ4v) is 1.97. The van der Waals surface area contributed by atoms with Gasteiger partial charge in [0.05, 0.1) is 6.54 Å². The smallest absolute Gasteiger partial charge is 0.254 e. The zero-order valence-electron chi connectivity index (χ0n) is 10.1. The Balaban J connectivity index is 2.34. The van der Waals surface area contributed by atoms with E-state index in [1.54, 1.807) is 25.2 Å². The van der Waals surface area contributed by atoms with Gasteiger partial charge < -0.3 is 9.64 Å². The van der Waals surface area contributed by atoms with Crippen molar-refractivity contribution in [1.82, 2.24) is 4.90 Å². The number of carbonyl (C=O) groups is 2. The number of ketones is 1. The number of fused-ring (bicyclic) bond motifs is 1. The largest absolute Gasteiger partial charge is 0.491 e. The molecule has 0 saturated heterocycles. The molecule has 1 aliphatic heterocycles. The predicted molar refractivity (Wildman–Crippen MR) is 63.6 cm³/mol. The molecule has 4 nitrogen and oxygen atoms in total. The number of amides is 1. The van der Waals surface area contributed by atoms with Crippen molar-refractivity contribution in [2.75, 3.05) is 26.9 Å². The van der Waals surface area contributed by atoms with E-state index < -0.39 is 6.67 Å². The average molecular weight is 251 g/mol. The SMILES string of the molecule is CN1CC(=O)Cc2ccc(OCCF)cc2C1=O. The summed E-state index contributed by atoms with van der Waals surface area (Å²) in [4.78, 5) is 25.0. The predicted octanol–water partition coefficient (Wildman–Crippen LogP) is 1.23. The van der Waals surface area contributed by atoms with Crippen molar-refractivity contribution in [2.45, 2.75) is 6.42 Å². The van der Waals surface area contributed by atoms with Crippen LogP contribution in [0, 0.1) is 0 Å². The van der Waals surface area contributed by atoms with Crippen molar-refractivity contribution >= 4 is 11.7 Å². The minimum Gasteiger partial charge on any atom is -0.491 e. The summed E-state index contributed by atoms with van der Waals surface area (Å²) in [5, 5.41) is 0. The van der Waals surface area contributed by atoms with Crippen LogP contribution in [0.5, 0.6) is 5.75 Å². The maximum atomic E-state index is 12.1. The Morgan fingerprint density at radius 2 is 2.17 bits per heavy atom. The third-order valence-corrected chi connectivity index (χ3v) is 2.81. The molecule has 0 bridgehead atoms. The van der Waals surface area contributed by atoms with Gasteiger partial charge in [0.2, 0.25) is 0 Å². The molecular weight excluding hydrogens is 237 g/mol. The summed E-state index contributed by atoms with van der Waals surface area (Å²) in [5.74, 6) is 0.242. The number of alkyl halides is 1. The lowest BCUT2D eigenvalue weighted by atomic mass is 10.0. The highest BCUT2D eigenvalue weighted by molar-refractivity contribution is 6.01. The first kappa shape index (κ1) is 12.5. The molecule has 1 aromatic rings. The normalized spacial score (nSPS) is 15.3. The Labute approximate surface area is 104 Å². The number of hydrogen-bond acceptors (Lipinski definition) is 3. The summed E-state index contributed by atoms with van der Waals surface area (Å²) in [6.07, 6.45) is 0.245. The van der Waals surface area contributed by atoms with Crippen LogP contribution in [0.15, 0.2) is 18.2 Å². The van der Waals surface area contributed by atoms with Gasteiger partial charge in [-0.25, -0.2) is 4.39 Å². The van der Waals surface area contributed by atoms with Gasteiger partial charge in [-0.2, -0.15) is 0 Å². The Bertz CT molecular complexity index is 487. The van der Waals surface area contributed by atoms with Crippen LogP contribution in [0.25, 0.3) is 0 Å². The van der Waals surface area contributed by atoms with Gasteiger partial charge in [0, 0.05) is 19.0 Å². The molecule has 1 aliphatic rings. The highest BCUT2D eigenvalue weighted by atomic mass is 19.1. The molecule has 0 spiro atoms. The molecule has 0 unspecified atom stereocenters. The number of likely N-dealkylation sites (N-methyl/N-ethyl adjacent to an activating group) is 1. The topological polar surface area (TPSA) is 46.6 Å². The molecule has 1 amide bonds. The lowest BCUT2D eigenvalue weighted by molar-refractivity contribution is -0.118. The Morgan fingerprint density at radius 1 is 1.39 bits per heavy atom. The van der Waals surface area contributed by atoms with Gasteiger partial charge in [-0.05, 0) is 17.7 Å². The van der Waals surface area contributed by atoms with Gasteiger partial charge in [0.1, 0.15) is 19.0 Å². The molecule has 2 rings (SSSR count). The van der Waals surface area contributed by atoms with Crippen LogP contribution in [0.2, 0.25) is 0 Å². The van der Waals surface area contributed by atoms with Crippen molar-refractivity contribution in [1.29, 1.82) is 0 Å². The summed E-state index contributed by atoms with van der Waals surface area (Å²) >= 11 is 0. The number of nitrogens with zero attached hydrogens (tertiary/aromatic N) is 1. The second-order valence-corrected chi connectivity index (χ2v) is 4.23. The van der Waals surface area contributed by atoms with Gasteiger partial charge >= 0.3 is 0 Å². The summed E-state index contributed by atoms with van der Waals surface area (Å²) < 4.78 is 17.2. The fourth-order valence-electron chi connectivity index (χ4n) is 1.97. The fraction of sp³-hybridized carbons (Fsp3) is 0.385. The monoisotopic (exact) mass is 251 g/mol. The van der Waals surface area contributed by atoms with Gasteiger partial charge in [0.15, 0.2) is 5.78 Å². The number of rotatable bonds is 3. The van der Waals surface area contributed by atoms with Crippen LogP contribution < -0.4 is 4.74 Å². The first-order valence-electron chi connectivity index (χ1n) is 5.70. The van der Waals surface area contributed by atoms with Crippen molar-refractivity contribution < 1.29 is 18.7 Å². The third kappa shape index (κ3) is 2.50.